The van der Waals surface area contributed by atoms with Crippen LogP contribution in [0.4, 0.5) is 0 Å². The van der Waals surface area contributed by atoms with Gasteiger partial charge in [0.1, 0.15) is 0 Å². The summed E-state index contributed by atoms with van der Waals surface area (Å²) in [5.74, 6) is 6.23. The normalized spacial score (nSPS) is 32.8. The summed E-state index contributed by atoms with van der Waals surface area (Å²) in [4.78, 5) is 1.14. The van der Waals surface area contributed by atoms with Crippen molar-refractivity contribution in [3.05, 3.63) is 10.6 Å². The number of hydrogen-bond donors (Lipinski definition) is 2. The first-order chi connectivity index (χ1) is 9.24. The third-order valence-electron chi connectivity index (χ3n) is 4.22. The predicted octanol–water partition coefficient (Wildman–Crippen LogP) is 0.937. The topological polar surface area (TPSA) is 82.3 Å². The van der Waals surface area contributed by atoms with Crippen molar-refractivity contribution in [1.82, 2.24) is 15.0 Å². The number of hydrazine groups is 1. The Morgan fingerprint density at radius 3 is 3.05 bits per heavy atom. The van der Waals surface area contributed by atoms with Gasteiger partial charge in [0.05, 0.1) is 28.8 Å². The van der Waals surface area contributed by atoms with Crippen LogP contribution < -0.4 is 11.3 Å². The Morgan fingerprint density at radius 2 is 2.42 bits per heavy atom. The molecule has 19 heavy (non-hydrogen) atoms. The maximum Gasteiger partial charge on any atom is 0.0940 e. The largest absolute Gasteiger partial charge is 0.378 e. The molecule has 0 saturated carbocycles. The molecular formula is C12H20N4O2S. The average Bonchev–Trinajstić information content (AvgIpc) is 3.02. The quantitative estimate of drug-likeness (QED) is 0.635. The van der Waals surface area contributed by atoms with E-state index in [0.29, 0.717) is 12.5 Å². The van der Waals surface area contributed by atoms with Crippen LogP contribution in [-0.4, -0.2) is 35.0 Å². The molecule has 3 N–H and O–H groups in total. The summed E-state index contributed by atoms with van der Waals surface area (Å²) in [5.41, 5.74) is 3.83. The van der Waals surface area contributed by atoms with Gasteiger partial charge < -0.3 is 9.47 Å². The molecule has 2 aliphatic heterocycles. The van der Waals surface area contributed by atoms with Gasteiger partial charge in [0, 0.05) is 19.6 Å². The van der Waals surface area contributed by atoms with E-state index in [0.717, 1.165) is 43.0 Å². The lowest BCUT2D eigenvalue weighted by Gasteiger charge is -2.39. The van der Waals surface area contributed by atoms with Gasteiger partial charge in [0.2, 0.25) is 0 Å². The zero-order valence-corrected chi connectivity index (χ0v) is 11.9. The summed E-state index contributed by atoms with van der Waals surface area (Å²) < 4.78 is 15.5. The Kier molecular flexibility index (Phi) is 3.81. The maximum absolute atomic E-state index is 5.98. The molecule has 106 valence electrons. The van der Waals surface area contributed by atoms with Crippen molar-refractivity contribution in [3.8, 4) is 0 Å². The van der Waals surface area contributed by atoms with Crippen molar-refractivity contribution in [3.63, 3.8) is 0 Å². The highest BCUT2D eigenvalue weighted by Gasteiger charge is 2.43. The summed E-state index contributed by atoms with van der Waals surface area (Å²) in [7, 11) is 0. The lowest BCUT2D eigenvalue weighted by Crippen LogP contribution is -2.45. The number of aryl methyl sites for hydroxylation is 1. The second-order valence-electron chi connectivity index (χ2n) is 5.45. The molecular weight excluding hydrogens is 264 g/mol. The van der Waals surface area contributed by atoms with E-state index in [2.05, 4.69) is 15.0 Å². The third kappa shape index (κ3) is 2.53. The zero-order chi connectivity index (χ0) is 13.3. The number of nitrogens with two attached hydrogens (primary N) is 1. The molecule has 1 spiro atoms. The molecule has 7 heteroatoms. The van der Waals surface area contributed by atoms with E-state index in [1.165, 1.54) is 11.5 Å². The first-order valence-electron chi connectivity index (χ1n) is 6.71. The highest BCUT2D eigenvalue weighted by molar-refractivity contribution is 7.05. The molecule has 3 heterocycles. The van der Waals surface area contributed by atoms with Crippen LogP contribution in [0.5, 0.6) is 0 Å². The number of hydrogen-bond acceptors (Lipinski definition) is 7. The molecule has 3 atom stereocenters. The first kappa shape index (κ1) is 13.4. The van der Waals surface area contributed by atoms with Crippen LogP contribution in [-0.2, 0) is 9.47 Å². The Balaban J connectivity index is 1.78. The maximum atomic E-state index is 5.98. The Morgan fingerprint density at radius 1 is 1.53 bits per heavy atom. The number of rotatable bonds is 3. The lowest BCUT2D eigenvalue weighted by molar-refractivity contribution is -0.103. The highest BCUT2D eigenvalue weighted by Crippen LogP contribution is 2.41. The van der Waals surface area contributed by atoms with Crippen LogP contribution in [0.15, 0.2) is 0 Å². The highest BCUT2D eigenvalue weighted by atomic mass is 32.1. The monoisotopic (exact) mass is 284 g/mol. The molecule has 0 radical (unpaired) electrons. The van der Waals surface area contributed by atoms with Gasteiger partial charge in [-0.15, -0.1) is 5.10 Å². The van der Waals surface area contributed by atoms with Crippen molar-refractivity contribution in [2.75, 3.05) is 19.8 Å². The Hall–Kier alpha value is -0.600. The zero-order valence-electron chi connectivity index (χ0n) is 11.1. The van der Waals surface area contributed by atoms with Gasteiger partial charge >= 0.3 is 0 Å². The van der Waals surface area contributed by atoms with Crippen LogP contribution in [0, 0.1) is 12.8 Å². The van der Waals surface area contributed by atoms with E-state index >= 15 is 0 Å². The van der Waals surface area contributed by atoms with Gasteiger partial charge in [-0.2, -0.15) is 0 Å². The smallest absolute Gasteiger partial charge is 0.0940 e. The summed E-state index contributed by atoms with van der Waals surface area (Å²) >= 11 is 1.43. The van der Waals surface area contributed by atoms with Gasteiger partial charge in [-0.1, -0.05) is 4.49 Å². The minimum absolute atomic E-state index is 0.0932. The van der Waals surface area contributed by atoms with Crippen molar-refractivity contribution in [2.24, 2.45) is 11.8 Å². The van der Waals surface area contributed by atoms with Crippen LogP contribution >= 0.6 is 11.5 Å². The van der Waals surface area contributed by atoms with Crippen LogP contribution in [0.1, 0.15) is 35.9 Å². The van der Waals surface area contributed by atoms with Gasteiger partial charge in [-0.05, 0) is 37.2 Å². The molecule has 0 aromatic carbocycles. The Labute approximate surface area is 116 Å². The van der Waals surface area contributed by atoms with Crippen molar-refractivity contribution in [2.45, 2.75) is 37.8 Å². The van der Waals surface area contributed by atoms with Crippen molar-refractivity contribution in [1.29, 1.82) is 0 Å². The number of nitrogens with one attached hydrogen (secondary N) is 1. The number of ether oxygens (including phenoxy) is 2. The minimum atomic E-state index is -0.0932. The average molecular weight is 284 g/mol. The summed E-state index contributed by atoms with van der Waals surface area (Å²) in [6.07, 6.45) is 2.98. The predicted molar refractivity (Wildman–Crippen MR) is 71.6 cm³/mol. The fourth-order valence-electron chi connectivity index (χ4n) is 3.16. The molecule has 1 aromatic rings. The summed E-state index contributed by atoms with van der Waals surface area (Å²) in [6, 6.07) is 0.112. The third-order valence-corrected chi connectivity index (χ3v) is 5.13. The number of aromatic nitrogens is 2. The second-order valence-corrected chi connectivity index (χ2v) is 6.24. The van der Waals surface area contributed by atoms with E-state index in [-0.39, 0.29) is 11.6 Å². The molecule has 0 aliphatic carbocycles. The van der Waals surface area contributed by atoms with Crippen LogP contribution in [0.25, 0.3) is 0 Å². The van der Waals surface area contributed by atoms with Crippen LogP contribution in [0.2, 0.25) is 0 Å². The van der Waals surface area contributed by atoms with Crippen LogP contribution in [0.3, 0.4) is 0 Å². The fourth-order valence-corrected chi connectivity index (χ4v) is 3.96. The number of nitrogens with zero attached hydrogens (tertiary/aromatic N) is 2. The molecule has 1 aromatic heterocycles. The van der Waals surface area contributed by atoms with E-state index < -0.39 is 0 Å². The van der Waals surface area contributed by atoms with Gasteiger partial charge in [0.15, 0.2) is 0 Å². The molecule has 3 unspecified atom stereocenters. The molecule has 6 nitrogen and oxygen atoms in total. The van der Waals surface area contributed by atoms with E-state index in [4.69, 9.17) is 15.3 Å². The molecule has 0 amide bonds. The summed E-state index contributed by atoms with van der Waals surface area (Å²) in [6.45, 7) is 4.27. The summed E-state index contributed by atoms with van der Waals surface area (Å²) in [5, 5.41) is 4.09. The standard InChI is InChI=1S/C12H20N4O2S/c1-8-11(19-16-15-8)10(14-13)9-2-4-18-12(6-9)3-5-17-7-12/h9-10,14H,2-7,13H2,1H3. The van der Waals surface area contributed by atoms with Crippen molar-refractivity contribution < 1.29 is 9.47 Å². The molecule has 2 saturated heterocycles. The lowest BCUT2D eigenvalue weighted by atomic mass is 9.80. The van der Waals surface area contributed by atoms with Gasteiger partial charge in [-0.25, -0.2) is 0 Å². The molecule has 3 rings (SSSR count). The van der Waals surface area contributed by atoms with E-state index in [1.807, 2.05) is 6.92 Å². The van der Waals surface area contributed by atoms with E-state index in [9.17, 15) is 0 Å². The second kappa shape index (κ2) is 5.41. The van der Waals surface area contributed by atoms with Crippen molar-refractivity contribution >= 4 is 11.5 Å². The molecule has 2 aliphatic rings. The van der Waals surface area contributed by atoms with Gasteiger partial charge in [-0.3, -0.25) is 11.3 Å². The minimum Gasteiger partial charge on any atom is -0.378 e. The molecule has 2 fully saturated rings. The Bertz CT molecular complexity index is 433. The SMILES string of the molecule is Cc1nnsc1C(NN)C1CCOC2(CCOC2)C1. The fraction of sp³-hybridized carbons (Fsp3) is 0.833. The molecule has 0 bridgehead atoms. The first-order valence-corrected chi connectivity index (χ1v) is 7.48. The van der Waals surface area contributed by atoms with E-state index in [1.54, 1.807) is 0 Å². The van der Waals surface area contributed by atoms with Gasteiger partial charge in [0.25, 0.3) is 0 Å².